The molecule has 0 aromatic carbocycles. The van der Waals surface area contributed by atoms with Crippen LogP contribution < -0.4 is 10.6 Å². The lowest BCUT2D eigenvalue weighted by Gasteiger charge is -2.31. The van der Waals surface area contributed by atoms with Crippen LogP contribution >= 0.6 is 0 Å². The molecule has 2 aliphatic carbocycles. The zero-order valence-corrected chi connectivity index (χ0v) is 8.33. The van der Waals surface area contributed by atoms with Crippen molar-refractivity contribution in [3.8, 4) is 0 Å². The minimum Gasteiger partial charge on any atom is -0.393 e. The van der Waals surface area contributed by atoms with Crippen LogP contribution in [0, 0.1) is 5.92 Å². The zero-order chi connectivity index (χ0) is 9.97. The van der Waals surface area contributed by atoms with E-state index in [-0.39, 0.29) is 12.0 Å². The molecule has 0 aliphatic heterocycles. The number of aliphatic hydroxyl groups is 1. The summed E-state index contributed by atoms with van der Waals surface area (Å²) in [5.41, 5.74) is 0. The molecule has 0 radical (unpaired) electrons. The van der Waals surface area contributed by atoms with Crippen molar-refractivity contribution in [3.63, 3.8) is 0 Å². The number of carbonyl (C=O) groups excluding carboxylic acids is 1. The first-order valence-corrected chi connectivity index (χ1v) is 5.42. The van der Waals surface area contributed by atoms with Gasteiger partial charge in [0, 0.05) is 6.04 Å². The number of nitrogens with one attached hydrogen (secondary N) is 2. The highest BCUT2D eigenvalue weighted by atomic mass is 16.3. The van der Waals surface area contributed by atoms with Gasteiger partial charge in [0.1, 0.15) is 0 Å². The van der Waals surface area contributed by atoms with Crippen molar-refractivity contribution in [2.24, 2.45) is 5.92 Å². The van der Waals surface area contributed by atoms with Gasteiger partial charge in [-0.2, -0.15) is 0 Å². The monoisotopic (exact) mass is 198 g/mol. The van der Waals surface area contributed by atoms with Gasteiger partial charge in [0.15, 0.2) is 0 Å². The number of carbonyl (C=O) groups is 1. The van der Waals surface area contributed by atoms with Crippen molar-refractivity contribution < 1.29 is 9.90 Å². The van der Waals surface area contributed by atoms with E-state index in [4.69, 9.17) is 5.11 Å². The molecule has 1 amide bonds. The van der Waals surface area contributed by atoms with Gasteiger partial charge >= 0.3 is 0 Å². The Morgan fingerprint density at radius 3 is 2.64 bits per heavy atom. The quantitative estimate of drug-likeness (QED) is 0.564. The molecule has 0 unspecified atom stereocenters. The van der Waals surface area contributed by atoms with Crippen LogP contribution in [0.15, 0.2) is 0 Å². The van der Waals surface area contributed by atoms with Gasteiger partial charge in [-0.05, 0) is 38.1 Å². The maximum absolute atomic E-state index is 11.2. The van der Waals surface area contributed by atoms with E-state index >= 15 is 0 Å². The Balaban J connectivity index is 1.47. The second-order valence-electron chi connectivity index (χ2n) is 4.46. The summed E-state index contributed by atoms with van der Waals surface area (Å²) in [7, 11) is 0. The Kier molecular flexibility index (Phi) is 3.03. The minimum absolute atomic E-state index is 0.0953. The van der Waals surface area contributed by atoms with Gasteiger partial charge in [-0.3, -0.25) is 4.79 Å². The molecule has 4 heteroatoms. The molecule has 80 valence electrons. The Hall–Kier alpha value is -0.610. The van der Waals surface area contributed by atoms with E-state index in [2.05, 4.69) is 10.6 Å². The average molecular weight is 198 g/mol. The van der Waals surface area contributed by atoms with Crippen LogP contribution in [0.3, 0.4) is 0 Å². The molecule has 2 rings (SSSR count). The second kappa shape index (κ2) is 4.28. The smallest absolute Gasteiger partial charge is 0.234 e. The van der Waals surface area contributed by atoms with Crippen LogP contribution in [-0.2, 0) is 4.79 Å². The van der Waals surface area contributed by atoms with Crippen molar-refractivity contribution >= 4 is 5.91 Å². The summed E-state index contributed by atoms with van der Waals surface area (Å²) in [4.78, 5) is 11.2. The molecule has 14 heavy (non-hydrogen) atoms. The van der Waals surface area contributed by atoms with Crippen molar-refractivity contribution in [2.45, 2.75) is 37.8 Å². The number of amides is 1. The van der Waals surface area contributed by atoms with Crippen molar-refractivity contribution in [2.75, 3.05) is 13.1 Å². The Morgan fingerprint density at radius 1 is 1.36 bits per heavy atom. The Labute approximate surface area is 84.1 Å². The maximum Gasteiger partial charge on any atom is 0.234 e. The van der Waals surface area contributed by atoms with E-state index in [1.54, 1.807) is 0 Å². The number of hydrogen-bond donors (Lipinski definition) is 3. The van der Waals surface area contributed by atoms with Crippen LogP contribution in [0.1, 0.15) is 25.7 Å². The van der Waals surface area contributed by atoms with Gasteiger partial charge in [0.2, 0.25) is 5.91 Å². The van der Waals surface area contributed by atoms with E-state index in [1.807, 2.05) is 0 Å². The summed E-state index contributed by atoms with van der Waals surface area (Å²) in [5.74, 6) is 0.672. The lowest BCUT2D eigenvalue weighted by Crippen LogP contribution is -2.40. The highest BCUT2D eigenvalue weighted by molar-refractivity contribution is 5.78. The summed E-state index contributed by atoms with van der Waals surface area (Å²) in [6.45, 7) is 1.28. The fourth-order valence-corrected chi connectivity index (χ4v) is 1.76. The van der Waals surface area contributed by atoms with Crippen LogP contribution in [0.2, 0.25) is 0 Å². The van der Waals surface area contributed by atoms with E-state index in [0.717, 1.165) is 32.2 Å². The Bertz CT molecular complexity index is 210. The number of hydrogen-bond acceptors (Lipinski definition) is 3. The fourth-order valence-electron chi connectivity index (χ4n) is 1.76. The van der Waals surface area contributed by atoms with Crippen molar-refractivity contribution in [3.05, 3.63) is 0 Å². The standard InChI is InChI=1S/C10H18N2O2/c13-9-3-7(4-9)5-11-6-10(14)12-8-1-2-8/h7-9,11,13H,1-6H2,(H,12,14). The molecule has 3 N–H and O–H groups in total. The predicted molar refractivity (Wildman–Crippen MR) is 52.8 cm³/mol. The summed E-state index contributed by atoms with van der Waals surface area (Å²) < 4.78 is 0. The molecule has 0 aromatic heterocycles. The topological polar surface area (TPSA) is 61.4 Å². The molecule has 0 aromatic rings. The maximum atomic E-state index is 11.2. The number of rotatable bonds is 5. The van der Waals surface area contributed by atoms with Gasteiger partial charge in [-0.15, -0.1) is 0 Å². The average Bonchev–Trinajstić information content (AvgIpc) is 2.85. The first-order valence-electron chi connectivity index (χ1n) is 5.42. The highest BCUT2D eigenvalue weighted by Gasteiger charge is 2.27. The molecule has 0 bridgehead atoms. The molecule has 0 atom stereocenters. The summed E-state index contributed by atoms with van der Waals surface area (Å²) >= 11 is 0. The van der Waals surface area contributed by atoms with Gasteiger partial charge in [-0.25, -0.2) is 0 Å². The van der Waals surface area contributed by atoms with Gasteiger partial charge in [0.25, 0.3) is 0 Å². The second-order valence-corrected chi connectivity index (χ2v) is 4.46. The first kappa shape index (κ1) is 9.93. The molecule has 0 saturated heterocycles. The highest BCUT2D eigenvalue weighted by Crippen LogP contribution is 2.25. The van der Waals surface area contributed by atoms with Gasteiger partial charge < -0.3 is 15.7 Å². The van der Waals surface area contributed by atoms with Crippen LogP contribution in [-0.4, -0.2) is 36.2 Å². The minimum atomic E-state index is -0.0953. The van der Waals surface area contributed by atoms with Crippen molar-refractivity contribution in [1.82, 2.24) is 10.6 Å². The van der Waals surface area contributed by atoms with E-state index in [0.29, 0.717) is 18.5 Å². The first-order chi connectivity index (χ1) is 6.74. The molecular formula is C10H18N2O2. The summed E-state index contributed by atoms with van der Waals surface area (Å²) in [6, 6.07) is 0.454. The van der Waals surface area contributed by atoms with E-state index < -0.39 is 0 Å². The molecular weight excluding hydrogens is 180 g/mol. The molecule has 2 saturated carbocycles. The molecule has 2 fully saturated rings. The van der Waals surface area contributed by atoms with Gasteiger partial charge in [0.05, 0.1) is 12.6 Å². The third-order valence-corrected chi connectivity index (χ3v) is 2.87. The molecule has 2 aliphatic rings. The van der Waals surface area contributed by atoms with E-state index in [9.17, 15) is 4.79 Å². The van der Waals surface area contributed by atoms with Crippen LogP contribution in [0.5, 0.6) is 0 Å². The largest absolute Gasteiger partial charge is 0.393 e. The summed E-state index contributed by atoms with van der Waals surface area (Å²) in [5, 5.41) is 15.1. The molecule has 0 heterocycles. The third-order valence-electron chi connectivity index (χ3n) is 2.87. The lowest BCUT2D eigenvalue weighted by molar-refractivity contribution is -0.120. The van der Waals surface area contributed by atoms with E-state index in [1.165, 1.54) is 0 Å². The van der Waals surface area contributed by atoms with Crippen LogP contribution in [0.4, 0.5) is 0 Å². The van der Waals surface area contributed by atoms with Crippen molar-refractivity contribution in [1.29, 1.82) is 0 Å². The lowest BCUT2D eigenvalue weighted by atomic mass is 9.82. The van der Waals surface area contributed by atoms with Crippen LogP contribution in [0.25, 0.3) is 0 Å². The normalized spacial score (nSPS) is 30.9. The predicted octanol–water partition coefficient (Wildman–Crippen LogP) is -0.375. The third kappa shape index (κ3) is 2.96. The molecule has 4 nitrogen and oxygen atoms in total. The molecule has 0 spiro atoms. The summed E-state index contributed by atoms with van der Waals surface area (Å²) in [6.07, 6.45) is 3.96. The Morgan fingerprint density at radius 2 is 2.07 bits per heavy atom. The van der Waals surface area contributed by atoms with Gasteiger partial charge in [-0.1, -0.05) is 0 Å². The fraction of sp³-hybridized carbons (Fsp3) is 0.900. The number of aliphatic hydroxyl groups excluding tert-OH is 1. The zero-order valence-electron chi connectivity index (χ0n) is 8.33. The SMILES string of the molecule is O=C(CNCC1CC(O)C1)NC1CC1.